The number of amides is 1. The molecule has 1 rings (SSSR count). The van der Waals surface area contributed by atoms with Crippen LogP contribution < -0.4 is 5.32 Å². The average molecular weight is 198 g/mol. The molecule has 0 aromatic rings. The van der Waals surface area contributed by atoms with E-state index in [0.717, 1.165) is 25.9 Å². The Balaban J connectivity index is 2.28. The van der Waals surface area contributed by atoms with Crippen molar-refractivity contribution in [3.8, 4) is 0 Å². The van der Waals surface area contributed by atoms with Gasteiger partial charge in [-0.3, -0.25) is 4.79 Å². The molecule has 0 aromatic heterocycles. The van der Waals surface area contributed by atoms with Crippen molar-refractivity contribution in [2.24, 2.45) is 0 Å². The highest BCUT2D eigenvalue weighted by Crippen LogP contribution is 2.19. The Morgan fingerprint density at radius 1 is 1.50 bits per heavy atom. The Morgan fingerprint density at radius 3 is 2.93 bits per heavy atom. The van der Waals surface area contributed by atoms with Gasteiger partial charge in [0, 0.05) is 12.6 Å². The third kappa shape index (κ3) is 2.98. The number of rotatable bonds is 5. The van der Waals surface area contributed by atoms with Gasteiger partial charge in [0.05, 0.1) is 6.54 Å². The van der Waals surface area contributed by atoms with Gasteiger partial charge in [0.1, 0.15) is 0 Å². The van der Waals surface area contributed by atoms with E-state index in [1.165, 1.54) is 12.8 Å². The number of hydrogen-bond acceptors (Lipinski definition) is 2. The fourth-order valence-corrected chi connectivity index (χ4v) is 2.06. The highest BCUT2D eigenvalue weighted by molar-refractivity contribution is 5.78. The minimum Gasteiger partial charge on any atom is -0.339 e. The fourth-order valence-electron chi connectivity index (χ4n) is 2.06. The number of carbonyl (C=O) groups excluding carboxylic acids is 1. The van der Waals surface area contributed by atoms with E-state index in [1.54, 1.807) is 0 Å². The minimum atomic E-state index is 0.280. The second kappa shape index (κ2) is 6.02. The zero-order valence-corrected chi connectivity index (χ0v) is 9.38. The van der Waals surface area contributed by atoms with E-state index in [1.807, 2.05) is 4.90 Å². The average Bonchev–Trinajstić information content (AvgIpc) is 2.65. The number of nitrogens with zero attached hydrogens (tertiary/aromatic N) is 1. The van der Waals surface area contributed by atoms with Crippen molar-refractivity contribution in [3.05, 3.63) is 0 Å². The number of likely N-dealkylation sites (tertiary alicyclic amines) is 1. The molecule has 0 bridgehead atoms. The normalized spacial score (nSPS) is 21.6. The molecule has 0 saturated carbocycles. The first-order valence-corrected chi connectivity index (χ1v) is 5.79. The van der Waals surface area contributed by atoms with Gasteiger partial charge in [0.2, 0.25) is 5.91 Å². The maximum atomic E-state index is 11.8. The van der Waals surface area contributed by atoms with E-state index in [9.17, 15) is 4.79 Å². The van der Waals surface area contributed by atoms with Crippen LogP contribution in [0.2, 0.25) is 0 Å². The van der Waals surface area contributed by atoms with Crippen molar-refractivity contribution in [2.75, 3.05) is 19.6 Å². The Kier molecular flexibility index (Phi) is 4.94. The monoisotopic (exact) mass is 198 g/mol. The zero-order chi connectivity index (χ0) is 10.4. The lowest BCUT2D eigenvalue weighted by atomic mass is 10.2. The lowest BCUT2D eigenvalue weighted by Gasteiger charge is -2.23. The number of nitrogens with one attached hydrogen (secondary N) is 1. The molecule has 0 radical (unpaired) electrons. The van der Waals surface area contributed by atoms with Crippen LogP contribution in [0.5, 0.6) is 0 Å². The molecular formula is C11H22N2O. The molecule has 0 aliphatic carbocycles. The van der Waals surface area contributed by atoms with Crippen LogP contribution in [-0.2, 0) is 4.79 Å². The van der Waals surface area contributed by atoms with Crippen LogP contribution in [-0.4, -0.2) is 36.5 Å². The Hall–Kier alpha value is -0.570. The summed E-state index contributed by atoms with van der Waals surface area (Å²) in [6.45, 7) is 6.70. The van der Waals surface area contributed by atoms with Crippen molar-refractivity contribution >= 4 is 5.91 Å². The second-order valence-corrected chi connectivity index (χ2v) is 3.97. The second-order valence-electron chi connectivity index (χ2n) is 3.97. The van der Waals surface area contributed by atoms with E-state index in [4.69, 9.17) is 0 Å². The number of carbonyl (C=O) groups is 1. The van der Waals surface area contributed by atoms with Gasteiger partial charge < -0.3 is 10.2 Å². The standard InChI is InChI=1S/C11H22N2O/c1-3-7-12-9-11(14)13-8-5-6-10(13)4-2/h10,12H,3-9H2,1-2H3. The molecule has 1 N–H and O–H groups in total. The first-order chi connectivity index (χ1) is 6.79. The summed E-state index contributed by atoms with van der Waals surface area (Å²) >= 11 is 0. The summed E-state index contributed by atoms with van der Waals surface area (Å²) < 4.78 is 0. The quantitative estimate of drug-likeness (QED) is 0.677. The Labute approximate surface area is 86.9 Å². The molecule has 1 aliphatic rings. The van der Waals surface area contributed by atoms with Gasteiger partial charge in [0.15, 0.2) is 0 Å². The molecule has 82 valence electrons. The summed E-state index contributed by atoms with van der Waals surface area (Å²) in [6, 6.07) is 0.505. The van der Waals surface area contributed by atoms with Gasteiger partial charge in [-0.15, -0.1) is 0 Å². The molecule has 1 unspecified atom stereocenters. The summed E-state index contributed by atoms with van der Waals surface area (Å²) in [5.74, 6) is 0.280. The highest BCUT2D eigenvalue weighted by atomic mass is 16.2. The minimum absolute atomic E-state index is 0.280. The number of hydrogen-bond donors (Lipinski definition) is 1. The highest BCUT2D eigenvalue weighted by Gasteiger charge is 2.26. The molecule has 3 nitrogen and oxygen atoms in total. The third-order valence-corrected chi connectivity index (χ3v) is 2.87. The van der Waals surface area contributed by atoms with Crippen molar-refractivity contribution in [2.45, 2.75) is 45.6 Å². The van der Waals surface area contributed by atoms with Crippen LogP contribution in [0, 0.1) is 0 Å². The van der Waals surface area contributed by atoms with Crippen LogP contribution in [0.25, 0.3) is 0 Å². The SMILES string of the molecule is CCCNCC(=O)N1CCCC1CC. The summed E-state index contributed by atoms with van der Waals surface area (Å²) in [4.78, 5) is 13.8. The maximum absolute atomic E-state index is 11.8. The molecule has 1 aliphatic heterocycles. The molecule has 1 amide bonds. The van der Waals surface area contributed by atoms with Gasteiger partial charge in [0.25, 0.3) is 0 Å². The predicted molar refractivity (Wildman–Crippen MR) is 58.2 cm³/mol. The van der Waals surface area contributed by atoms with Crippen LogP contribution in [0.4, 0.5) is 0 Å². The van der Waals surface area contributed by atoms with E-state index >= 15 is 0 Å². The largest absolute Gasteiger partial charge is 0.339 e. The molecule has 0 spiro atoms. The Bertz CT molecular complexity index is 182. The van der Waals surface area contributed by atoms with Crippen molar-refractivity contribution in [3.63, 3.8) is 0 Å². The molecule has 0 aromatic carbocycles. The van der Waals surface area contributed by atoms with Crippen LogP contribution >= 0.6 is 0 Å². The molecule has 3 heteroatoms. The van der Waals surface area contributed by atoms with Gasteiger partial charge in [-0.1, -0.05) is 13.8 Å². The van der Waals surface area contributed by atoms with Crippen LogP contribution in [0.3, 0.4) is 0 Å². The van der Waals surface area contributed by atoms with Gasteiger partial charge >= 0.3 is 0 Å². The van der Waals surface area contributed by atoms with Crippen LogP contribution in [0.15, 0.2) is 0 Å². The van der Waals surface area contributed by atoms with E-state index in [0.29, 0.717) is 12.6 Å². The van der Waals surface area contributed by atoms with E-state index in [-0.39, 0.29) is 5.91 Å². The lowest BCUT2D eigenvalue weighted by Crippen LogP contribution is -2.41. The molecule has 14 heavy (non-hydrogen) atoms. The summed E-state index contributed by atoms with van der Waals surface area (Å²) in [6.07, 6.45) is 4.55. The van der Waals surface area contributed by atoms with Crippen molar-refractivity contribution < 1.29 is 4.79 Å². The molecule has 1 fully saturated rings. The maximum Gasteiger partial charge on any atom is 0.236 e. The van der Waals surface area contributed by atoms with Gasteiger partial charge in [-0.2, -0.15) is 0 Å². The van der Waals surface area contributed by atoms with E-state index in [2.05, 4.69) is 19.2 Å². The predicted octanol–water partition coefficient (Wildman–Crippen LogP) is 1.39. The third-order valence-electron chi connectivity index (χ3n) is 2.87. The first-order valence-electron chi connectivity index (χ1n) is 5.79. The molecule has 1 heterocycles. The van der Waals surface area contributed by atoms with Crippen molar-refractivity contribution in [1.29, 1.82) is 0 Å². The molecular weight excluding hydrogens is 176 g/mol. The van der Waals surface area contributed by atoms with Crippen LogP contribution in [0.1, 0.15) is 39.5 Å². The summed E-state index contributed by atoms with van der Waals surface area (Å²) in [5.41, 5.74) is 0. The van der Waals surface area contributed by atoms with Crippen molar-refractivity contribution in [1.82, 2.24) is 10.2 Å². The first kappa shape index (κ1) is 11.5. The van der Waals surface area contributed by atoms with E-state index < -0.39 is 0 Å². The van der Waals surface area contributed by atoms with Gasteiger partial charge in [-0.05, 0) is 32.2 Å². The molecule has 1 saturated heterocycles. The summed E-state index contributed by atoms with van der Waals surface area (Å²) in [5, 5.41) is 3.17. The lowest BCUT2D eigenvalue weighted by molar-refractivity contribution is -0.131. The zero-order valence-electron chi connectivity index (χ0n) is 9.38. The molecule has 1 atom stereocenters. The summed E-state index contributed by atoms with van der Waals surface area (Å²) in [7, 11) is 0. The Morgan fingerprint density at radius 2 is 2.29 bits per heavy atom. The fraction of sp³-hybridized carbons (Fsp3) is 0.909. The van der Waals surface area contributed by atoms with Gasteiger partial charge in [-0.25, -0.2) is 0 Å². The topological polar surface area (TPSA) is 32.3 Å². The smallest absolute Gasteiger partial charge is 0.236 e.